The van der Waals surface area contributed by atoms with E-state index in [0.29, 0.717) is 29.8 Å². The van der Waals surface area contributed by atoms with E-state index in [0.717, 1.165) is 10.0 Å². The molecule has 2 aromatic rings. The molecule has 2 aromatic carbocycles. The van der Waals surface area contributed by atoms with Gasteiger partial charge in [-0.3, -0.25) is 19.3 Å². The highest BCUT2D eigenvalue weighted by Gasteiger charge is 2.48. The van der Waals surface area contributed by atoms with Crippen LogP contribution in [0.4, 0.5) is 11.4 Å². The Morgan fingerprint density at radius 2 is 1.79 bits per heavy atom. The number of amides is 3. The first-order valence-electron chi connectivity index (χ1n) is 9.14. The normalized spacial score (nSPS) is 21.4. The molecule has 0 aromatic heterocycles. The standard InChI is InChI=1S/C22H19BrN2O3/c1-13-5-10-18-19(11-13)22(28)25(21(18)27)17-4-2-3-14(12-17)20(26)24-16-8-6-15(23)7-9-16/h2-9,12,18-19H,10-11H2,1H3,(H,24,26)/t18-,19+/m0/s1. The van der Waals surface area contributed by atoms with Gasteiger partial charge in [0.2, 0.25) is 11.8 Å². The number of hydrogen-bond acceptors (Lipinski definition) is 3. The number of nitrogens with zero attached hydrogens (tertiary/aromatic N) is 1. The summed E-state index contributed by atoms with van der Waals surface area (Å²) in [7, 11) is 0. The smallest absolute Gasteiger partial charge is 0.255 e. The average Bonchev–Trinajstić information content (AvgIpc) is 2.93. The Morgan fingerprint density at radius 1 is 1.07 bits per heavy atom. The van der Waals surface area contributed by atoms with Gasteiger partial charge in [-0.05, 0) is 62.2 Å². The van der Waals surface area contributed by atoms with Crippen molar-refractivity contribution in [3.05, 3.63) is 70.2 Å². The highest BCUT2D eigenvalue weighted by molar-refractivity contribution is 9.10. The number of halogens is 1. The highest BCUT2D eigenvalue weighted by atomic mass is 79.9. The third-order valence-electron chi connectivity index (χ3n) is 5.29. The van der Waals surface area contributed by atoms with Crippen LogP contribution in [0.2, 0.25) is 0 Å². The Morgan fingerprint density at radius 3 is 2.54 bits per heavy atom. The molecule has 0 radical (unpaired) electrons. The predicted octanol–water partition coefficient (Wildman–Crippen LogP) is 4.55. The Balaban J connectivity index is 1.57. The van der Waals surface area contributed by atoms with E-state index in [4.69, 9.17) is 0 Å². The minimum absolute atomic E-state index is 0.173. The monoisotopic (exact) mass is 438 g/mol. The van der Waals surface area contributed by atoms with Crippen molar-refractivity contribution in [2.24, 2.45) is 11.8 Å². The molecule has 0 spiro atoms. The van der Waals surface area contributed by atoms with E-state index >= 15 is 0 Å². The van der Waals surface area contributed by atoms with Crippen molar-refractivity contribution >= 4 is 45.0 Å². The Hall–Kier alpha value is -2.73. The molecule has 1 N–H and O–H groups in total. The quantitative estimate of drug-likeness (QED) is 0.564. The molecule has 0 saturated carbocycles. The molecule has 2 aliphatic rings. The van der Waals surface area contributed by atoms with Crippen LogP contribution in [0.15, 0.2) is 64.7 Å². The summed E-state index contributed by atoms with van der Waals surface area (Å²) in [5.74, 6) is -1.23. The van der Waals surface area contributed by atoms with Gasteiger partial charge in [0.1, 0.15) is 0 Å². The van der Waals surface area contributed by atoms with Crippen molar-refractivity contribution in [2.75, 3.05) is 10.2 Å². The van der Waals surface area contributed by atoms with Crippen LogP contribution in [0.1, 0.15) is 30.1 Å². The molecule has 28 heavy (non-hydrogen) atoms. The first kappa shape index (κ1) is 18.6. The van der Waals surface area contributed by atoms with E-state index in [1.807, 2.05) is 25.1 Å². The van der Waals surface area contributed by atoms with Crippen molar-refractivity contribution in [1.82, 2.24) is 0 Å². The first-order valence-corrected chi connectivity index (χ1v) is 9.94. The number of carbonyl (C=O) groups is 3. The fraction of sp³-hybridized carbons (Fsp3) is 0.227. The summed E-state index contributed by atoms with van der Waals surface area (Å²) in [5, 5.41) is 2.82. The fourth-order valence-electron chi connectivity index (χ4n) is 3.81. The summed E-state index contributed by atoms with van der Waals surface area (Å²) >= 11 is 3.36. The van der Waals surface area contributed by atoms with E-state index in [2.05, 4.69) is 21.2 Å². The van der Waals surface area contributed by atoms with Gasteiger partial charge in [0.05, 0.1) is 17.5 Å². The third-order valence-corrected chi connectivity index (χ3v) is 5.82. The number of benzene rings is 2. The van der Waals surface area contributed by atoms with Crippen LogP contribution >= 0.6 is 15.9 Å². The summed E-state index contributed by atoms with van der Waals surface area (Å²) in [5.41, 5.74) is 2.65. The molecule has 1 fully saturated rings. The van der Waals surface area contributed by atoms with Crippen molar-refractivity contribution in [3.8, 4) is 0 Å². The maximum absolute atomic E-state index is 12.9. The van der Waals surface area contributed by atoms with E-state index in [-0.39, 0.29) is 29.6 Å². The van der Waals surface area contributed by atoms with Crippen LogP contribution < -0.4 is 10.2 Å². The van der Waals surface area contributed by atoms with E-state index < -0.39 is 0 Å². The zero-order chi connectivity index (χ0) is 19.8. The van der Waals surface area contributed by atoms with Crippen molar-refractivity contribution in [2.45, 2.75) is 19.8 Å². The molecule has 6 heteroatoms. The molecule has 0 unspecified atom stereocenters. The summed E-state index contributed by atoms with van der Waals surface area (Å²) in [4.78, 5) is 39.6. The maximum Gasteiger partial charge on any atom is 0.255 e. The Labute approximate surface area is 171 Å². The SMILES string of the molecule is CC1=CC[C@@H]2C(=O)N(c3cccc(C(=O)Nc4ccc(Br)cc4)c3)C(=O)[C@@H]2C1. The molecule has 3 amide bonds. The summed E-state index contributed by atoms with van der Waals surface area (Å²) < 4.78 is 0.921. The molecular formula is C22H19BrN2O3. The van der Waals surface area contributed by atoms with Crippen LogP contribution in [-0.2, 0) is 9.59 Å². The van der Waals surface area contributed by atoms with E-state index in [1.165, 1.54) is 4.90 Å². The van der Waals surface area contributed by atoms with Crippen LogP contribution in [0, 0.1) is 11.8 Å². The Bertz CT molecular complexity index is 997. The molecule has 5 nitrogen and oxygen atoms in total. The van der Waals surface area contributed by atoms with Crippen molar-refractivity contribution in [1.29, 1.82) is 0 Å². The lowest BCUT2D eigenvalue weighted by Gasteiger charge is -2.18. The molecular weight excluding hydrogens is 420 g/mol. The van der Waals surface area contributed by atoms with Gasteiger partial charge in [-0.1, -0.05) is 33.6 Å². The summed E-state index contributed by atoms with van der Waals surface area (Å²) in [6.07, 6.45) is 3.26. The predicted molar refractivity (Wildman–Crippen MR) is 111 cm³/mol. The molecule has 1 aliphatic heterocycles. The van der Waals surface area contributed by atoms with Gasteiger partial charge < -0.3 is 5.32 Å². The van der Waals surface area contributed by atoms with Gasteiger partial charge in [0, 0.05) is 15.7 Å². The second-order valence-corrected chi connectivity index (χ2v) is 8.14. The van der Waals surface area contributed by atoms with Crippen LogP contribution in [0.3, 0.4) is 0 Å². The topological polar surface area (TPSA) is 66.5 Å². The lowest BCUT2D eigenvalue weighted by atomic mass is 9.82. The van der Waals surface area contributed by atoms with Crippen LogP contribution in [-0.4, -0.2) is 17.7 Å². The third kappa shape index (κ3) is 3.40. The first-order chi connectivity index (χ1) is 13.4. The number of anilines is 2. The zero-order valence-corrected chi connectivity index (χ0v) is 16.9. The number of rotatable bonds is 3. The van der Waals surface area contributed by atoms with E-state index in [9.17, 15) is 14.4 Å². The largest absolute Gasteiger partial charge is 0.322 e. The number of fused-ring (bicyclic) bond motifs is 1. The van der Waals surface area contributed by atoms with Gasteiger partial charge in [-0.25, -0.2) is 0 Å². The number of carbonyl (C=O) groups excluding carboxylic acids is 3. The lowest BCUT2D eigenvalue weighted by Crippen LogP contribution is -2.31. The molecule has 1 saturated heterocycles. The minimum atomic E-state index is -0.295. The molecule has 1 heterocycles. The van der Waals surface area contributed by atoms with Gasteiger partial charge in [0.15, 0.2) is 0 Å². The molecule has 0 bridgehead atoms. The number of imide groups is 1. The molecule has 4 rings (SSSR count). The number of allylic oxidation sites excluding steroid dienone is 2. The minimum Gasteiger partial charge on any atom is -0.322 e. The van der Waals surface area contributed by atoms with E-state index in [1.54, 1.807) is 36.4 Å². The summed E-state index contributed by atoms with van der Waals surface area (Å²) in [6.45, 7) is 1.99. The summed E-state index contributed by atoms with van der Waals surface area (Å²) in [6, 6.07) is 13.9. The lowest BCUT2D eigenvalue weighted by molar-refractivity contribution is -0.122. The van der Waals surface area contributed by atoms with Gasteiger partial charge in [0.25, 0.3) is 5.91 Å². The fourth-order valence-corrected chi connectivity index (χ4v) is 4.08. The number of nitrogens with one attached hydrogen (secondary N) is 1. The van der Waals surface area contributed by atoms with Crippen molar-refractivity contribution in [3.63, 3.8) is 0 Å². The second kappa shape index (κ2) is 7.36. The van der Waals surface area contributed by atoms with Crippen LogP contribution in [0.25, 0.3) is 0 Å². The van der Waals surface area contributed by atoms with Gasteiger partial charge in [-0.15, -0.1) is 0 Å². The average molecular weight is 439 g/mol. The highest BCUT2D eigenvalue weighted by Crippen LogP contribution is 2.39. The molecule has 142 valence electrons. The Kier molecular flexibility index (Phi) is 4.89. The van der Waals surface area contributed by atoms with Crippen molar-refractivity contribution < 1.29 is 14.4 Å². The van der Waals surface area contributed by atoms with Crippen LogP contribution in [0.5, 0.6) is 0 Å². The van der Waals surface area contributed by atoms with Gasteiger partial charge >= 0.3 is 0 Å². The number of hydrogen-bond donors (Lipinski definition) is 1. The molecule has 2 atom stereocenters. The van der Waals surface area contributed by atoms with Gasteiger partial charge in [-0.2, -0.15) is 0 Å². The zero-order valence-electron chi connectivity index (χ0n) is 15.3. The molecule has 1 aliphatic carbocycles. The maximum atomic E-state index is 12.9. The second-order valence-electron chi connectivity index (χ2n) is 7.23.